The third-order valence-electron chi connectivity index (χ3n) is 2.50. The number of halogens is 3. The number of benzene rings is 2. The first kappa shape index (κ1) is 17.1. The molecular formula is C14H11I3N2O2. The Morgan fingerprint density at radius 3 is 2.43 bits per heavy atom. The largest absolute Gasteiger partial charge is 0.484 e. The maximum atomic E-state index is 12.0. The van der Waals surface area contributed by atoms with E-state index in [1.54, 1.807) is 24.3 Å². The third kappa shape index (κ3) is 5.13. The van der Waals surface area contributed by atoms with Gasteiger partial charge < -0.3 is 15.8 Å². The van der Waals surface area contributed by atoms with Crippen LogP contribution in [0.25, 0.3) is 0 Å². The maximum Gasteiger partial charge on any atom is 0.262 e. The van der Waals surface area contributed by atoms with Crippen molar-refractivity contribution in [3.63, 3.8) is 0 Å². The minimum Gasteiger partial charge on any atom is -0.484 e. The van der Waals surface area contributed by atoms with Crippen LogP contribution in [0.3, 0.4) is 0 Å². The topological polar surface area (TPSA) is 64.3 Å². The van der Waals surface area contributed by atoms with Crippen molar-refractivity contribution in [2.24, 2.45) is 0 Å². The van der Waals surface area contributed by atoms with E-state index < -0.39 is 0 Å². The summed E-state index contributed by atoms with van der Waals surface area (Å²) in [5.41, 5.74) is 7.08. The molecule has 0 fully saturated rings. The number of carbonyl (C=O) groups is 1. The Hall–Kier alpha value is -0.300. The molecule has 0 aliphatic rings. The predicted molar refractivity (Wildman–Crippen MR) is 110 cm³/mol. The summed E-state index contributed by atoms with van der Waals surface area (Å²) in [5.74, 6) is 0.381. The molecular weight excluding hydrogens is 609 g/mol. The van der Waals surface area contributed by atoms with E-state index >= 15 is 0 Å². The van der Waals surface area contributed by atoms with Gasteiger partial charge in [-0.3, -0.25) is 4.79 Å². The molecule has 110 valence electrons. The highest BCUT2D eigenvalue weighted by atomic mass is 127. The minimum absolute atomic E-state index is 0.0540. The molecule has 0 spiro atoms. The molecule has 0 aromatic heterocycles. The second kappa shape index (κ2) is 7.81. The second-order valence-electron chi connectivity index (χ2n) is 4.15. The quantitative estimate of drug-likeness (QED) is 0.400. The Labute approximate surface area is 163 Å². The molecule has 0 atom stereocenters. The first-order valence-corrected chi connectivity index (χ1v) is 9.12. The van der Waals surface area contributed by atoms with Crippen molar-refractivity contribution in [3.05, 3.63) is 47.1 Å². The van der Waals surface area contributed by atoms with Crippen molar-refractivity contribution in [2.75, 3.05) is 17.7 Å². The number of rotatable bonds is 4. The zero-order chi connectivity index (χ0) is 15.4. The van der Waals surface area contributed by atoms with Gasteiger partial charge in [0, 0.05) is 22.5 Å². The summed E-state index contributed by atoms with van der Waals surface area (Å²) in [6, 6.07) is 11.0. The van der Waals surface area contributed by atoms with Gasteiger partial charge in [-0.2, -0.15) is 0 Å². The van der Waals surface area contributed by atoms with Gasteiger partial charge in [0.25, 0.3) is 5.91 Å². The molecule has 1 amide bonds. The Kier molecular flexibility index (Phi) is 6.34. The number of hydrogen-bond donors (Lipinski definition) is 2. The standard InChI is InChI=1S/C14H11I3N2O2/c15-8-4-11(16)14(12(17)5-8)19-13(20)7-21-10-3-1-2-9(18)6-10/h1-6H,7,18H2,(H,19,20). The highest BCUT2D eigenvalue weighted by Crippen LogP contribution is 2.27. The fourth-order valence-corrected chi connectivity index (χ4v) is 5.44. The smallest absolute Gasteiger partial charge is 0.262 e. The van der Waals surface area contributed by atoms with Crippen LogP contribution in [0.4, 0.5) is 11.4 Å². The van der Waals surface area contributed by atoms with Gasteiger partial charge in [-0.25, -0.2) is 0 Å². The number of amides is 1. The zero-order valence-corrected chi connectivity index (χ0v) is 17.2. The fourth-order valence-electron chi connectivity index (χ4n) is 1.59. The zero-order valence-electron chi connectivity index (χ0n) is 10.7. The molecule has 0 radical (unpaired) electrons. The maximum absolute atomic E-state index is 12.0. The van der Waals surface area contributed by atoms with Crippen LogP contribution in [-0.2, 0) is 4.79 Å². The van der Waals surface area contributed by atoms with Crippen LogP contribution in [0.2, 0.25) is 0 Å². The van der Waals surface area contributed by atoms with Crippen molar-refractivity contribution in [1.82, 2.24) is 0 Å². The molecule has 0 unspecified atom stereocenters. The molecule has 3 N–H and O–H groups in total. The summed E-state index contributed by atoms with van der Waals surface area (Å²) in [4.78, 5) is 12.0. The molecule has 0 heterocycles. The summed E-state index contributed by atoms with van der Waals surface area (Å²) in [7, 11) is 0. The van der Waals surface area contributed by atoms with Crippen LogP contribution in [0.15, 0.2) is 36.4 Å². The van der Waals surface area contributed by atoms with E-state index in [1.807, 2.05) is 12.1 Å². The molecule has 0 aliphatic heterocycles. The van der Waals surface area contributed by atoms with E-state index in [9.17, 15) is 4.79 Å². The number of carbonyl (C=O) groups excluding carboxylic acids is 1. The molecule has 7 heteroatoms. The average Bonchev–Trinajstić information content (AvgIpc) is 2.40. The number of anilines is 2. The van der Waals surface area contributed by atoms with Crippen LogP contribution >= 0.6 is 67.8 Å². The Balaban J connectivity index is 1.99. The molecule has 0 saturated heterocycles. The lowest BCUT2D eigenvalue weighted by Crippen LogP contribution is -2.21. The van der Waals surface area contributed by atoms with E-state index in [0.717, 1.165) is 16.4 Å². The summed E-state index contributed by atoms with van der Waals surface area (Å²) >= 11 is 6.67. The van der Waals surface area contributed by atoms with Crippen molar-refractivity contribution < 1.29 is 9.53 Å². The van der Waals surface area contributed by atoms with Crippen molar-refractivity contribution in [3.8, 4) is 5.75 Å². The van der Waals surface area contributed by atoms with Gasteiger partial charge in [-0.15, -0.1) is 0 Å². The van der Waals surface area contributed by atoms with Crippen LogP contribution < -0.4 is 15.8 Å². The fraction of sp³-hybridized carbons (Fsp3) is 0.0714. The molecule has 0 aliphatic carbocycles. The number of nitrogen functional groups attached to an aromatic ring is 1. The van der Waals surface area contributed by atoms with E-state index in [4.69, 9.17) is 10.5 Å². The number of nitrogens with two attached hydrogens (primary N) is 1. The number of ether oxygens (including phenoxy) is 1. The Bertz CT molecular complexity index is 654. The van der Waals surface area contributed by atoms with E-state index in [0.29, 0.717) is 11.4 Å². The monoisotopic (exact) mass is 620 g/mol. The van der Waals surface area contributed by atoms with Crippen molar-refractivity contribution in [1.29, 1.82) is 0 Å². The molecule has 2 aromatic rings. The van der Waals surface area contributed by atoms with Crippen LogP contribution in [0, 0.1) is 10.7 Å². The van der Waals surface area contributed by atoms with E-state index in [1.165, 1.54) is 0 Å². The lowest BCUT2D eigenvalue weighted by atomic mass is 10.3. The number of hydrogen-bond acceptors (Lipinski definition) is 3. The Morgan fingerprint density at radius 1 is 1.14 bits per heavy atom. The molecule has 2 rings (SSSR count). The third-order valence-corrected chi connectivity index (χ3v) is 4.82. The van der Waals surface area contributed by atoms with Crippen LogP contribution in [-0.4, -0.2) is 12.5 Å². The first-order valence-electron chi connectivity index (χ1n) is 5.88. The van der Waals surface area contributed by atoms with E-state index in [-0.39, 0.29) is 12.5 Å². The number of nitrogens with one attached hydrogen (secondary N) is 1. The lowest BCUT2D eigenvalue weighted by Gasteiger charge is -2.11. The lowest BCUT2D eigenvalue weighted by molar-refractivity contribution is -0.118. The van der Waals surface area contributed by atoms with Gasteiger partial charge in [-0.1, -0.05) is 6.07 Å². The average molecular weight is 620 g/mol. The summed E-state index contributed by atoms with van der Waals surface area (Å²) in [6.45, 7) is -0.0540. The van der Waals surface area contributed by atoms with Gasteiger partial charge in [0.1, 0.15) is 5.75 Å². The summed E-state index contributed by atoms with van der Waals surface area (Å²) < 4.78 is 8.56. The molecule has 0 saturated carbocycles. The highest BCUT2D eigenvalue weighted by Gasteiger charge is 2.11. The second-order valence-corrected chi connectivity index (χ2v) is 7.72. The highest BCUT2D eigenvalue weighted by molar-refractivity contribution is 14.1. The van der Waals surface area contributed by atoms with E-state index in [2.05, 4.69) is 73.1 Å². The first-order chi connectivity index (χ1) is 9.95. The van der Waals surface area contributed by atoms with Gasteiger partial charge >= 0.3 is 0 Å². The van der Waals surface area contributed by atoms with Gasteiger partial charge in [-0.05, 0) is 92.0 Å². The van der Waals surface area contributed by atoms with Crippen LogP contribution in [0.1, 0.15) is 0 Å². The SMILES string of the molecule is Nc1cccc(OCC(=O)Nc2c(I)cc(I)cc2I)c1. The van der Waals surface area contributed by atoms with Crippen molar-refractivity contribution >= 4 is 85.1 Å². The minimum atomic E-state index is -0.200. The van der Waals surface area contributed by atoms with Crippen molar-refractivity contribution in [2.45, 2.75) is 0 Å². The normalized spacial score (nSPS) is 10.2. The van der Waals surface area contributed by atoms with Gasteiger partial charge in [0.15, 0.2) is 6.61 Å². The molecule has 0 bridgehead atoms. The molecule has 2 aromatic carbocycles. The molecule has 21 heavy (non-hydrogen) atoms. The Morgan fingerprint density at radius 2 is 1.81 bits per heavy atom. The molecule has 4 nitrogen and oxygen atoms in total. The predicted octanol–water partition coefficient (Wildman–Crippen LogP) is 4.10. The van der Waals surface area contributed by atoms with Gasteiger partial charge in [0.2, 0.25) is 0 Å². The van der Waals surface area contributed by atoms with Gasteiger partial charge in [0.05, 0.1) is 5.69 Å². The summed E-state index contributed by atoms with van der Waals surface area (Å²) in [6.07, 6.45) is 0. The van der Waals surface area contributed by atoms with Crippen LogP contribution in [0.5, 0.6) is 5.75 Å². The summed E-state index contributed by atoms with van der Waals surface area (Å²) in [5, 5.41) is 2.88.